The van der Waals surface area contributed by atoms with Gasteiger partial charge in [0, 0.05) is 11.5 Å². The van der Waals surface area contributed by atoms with Gasteiger partial charge >= 0.3 is 0 Å². The summed E-state index contributed by atoms with van der Waals surface area (Å²) in [5.74, 6) is 2.27. The van der Waals surface area contributed by atoms with Gasteiger partial charge in [-0.25, -0.2) is 0 Å². The minimum atomic E-state index is -0.533. The fraction of sp³-hybridized carbons (Fsp3) is 0.935. The van der Waals surface area contributed by atoms with Crippen LogP contribution in [-0.2, 0) is 14.2 Å². The Labute approximate surface area is 219 Å². The van der Waals surface area contributed by atoms with Crippen LogP contribution in [0.1, 0.15) is 91.4 Å². The van der Waals surface area contributed by atoms with Crippen molar-refractivity contribution in [1.82, 2.24) is 4.90 Å². The molecule has 4 aliphatic carbocycles. The van der Waals surface area contributed by atoms with E-state index < -0.39 is 5.60 Å². The molecule has 2 saturated heterocycles. The van der Waals surface area contributed by atoms with Crippen LogP contribution in [-0.4, -0.2) is 67.0 Å². The lowest BCUT2D eigenvalue weighted by atomic mass is 9.43. The zero-order valence-electron chi connectivity index (χ0n) is 23.1. The second kappa shape index (κ2) is 9.93. The standard InChI is InChI=1S/C31H51NO4/c1-22(32-16-4-5-17-32)21-36-25-11-13-29(2)24(20-25)6-8-27-26(29)12-14-30(3)23(10-15-31(27,30)33)7-9-28-34-18-19-35-28/h7,9,22-28,33H,4-6,8,10-21H2,1-3H3/b9-7+/t22?,23-,24?,25?,26-,27+,29-,30+,31+/m0/s1. The normalized spacial score (nSPS) is 48.7. The predicted molar refractivity (Wildman–Crippen MR) is 142 cm³/mol. The van der Waals surface area contributed by atoms with Crippen molar-refractivity contribution in [3.8, 4) is 0 Å². The highest BCUT2D eigenvalue weighted by Gasteiger charge is 2.66. The number of rotatable bonds is 6. The summed E-state index contributed by atoms with van der Waals surface area (Å²) in [6.07, 6.45) is 18.0. The quantitative estimate of drug-likeness (QED) is 0.483. The van der Waals surface area contributed by atoms with Crippen LogP contribution in [0, 0.1) is 34.5 Å². The van der Waals surface area contributed by atoms with E-state index in [0.29, 0.717) is 48.5 Å². The monoisotopic (exact) mass is 501 g/mol. The molecule has 6 aliphatic rings. The molecule has 2 aliphatic heterocycles. The summed E-state index contributed by atoms with van der Waals surface area (Å²) in [5.41, 5.74) is -0.201. The molecule has 5 nitrogen and oxygen atoms in total. The first-order valence-electron chi connectivity index (χ1n) is 15.3. The van der Waals surface area contributed by atoms with Crippen molar-refractivity contribution in [2.45, 2.75) is 115 Å². The van der Waals surface area contributed by atoms with Gasteiger partial charge in [0.1, 0.15) is 0 Å². The highest BCUT2D eigenvalue weighted by molar-refractivity contribution is 5.19. The lowest BCUT2D eigenvalue weighted by Crippen LogP contribution is -2.62. The van der Waals surface area contributed by atoms with Crippen molar-refractivity contribution in [2.24, 2.45) is 34.5 Å². The fourth-order valence-electron chi connectivity index (χ4n) is 9.96. The predicted octanol–water partition coefficient (Wildman–Crippen LogP) is 5.56. The van der Waals surface area contributed by atoms with Crippen molar-refractivity contribution < 1.29 is 19.3 Å². The molecule has 9 atom stereocenters. The highest BCUT2D eigenvalue weighted by Crippen LogP contribution is 2.69. The first kappa shape index (κ1) is 25.8. The Morgan fingerprint density at radius 1 is 0.944 bits per heavy atom. The van der Waals surface area contributed by atoms with Crippen LogP contribution in [0.3, 0.4) is 0 Å². The fourth-order valence-corrected chi connectivity index (χ4v) is 9.96. The van der Waals surface area contributed by atoms with Gasteiger partial charge in [-0.1, -0.05) is 19.9 Å². The Morgan fingerprint density at radius 3 is 2.50 bits per heavy atom. The van der Waals surface area contributed by atoms with Crippen molar-refractivity contribution in [3.05, 3.63) is 12.2 Å². The van der Waals surface area contributed by atoms with E-state index >= 15 is 0 Å². The van der Waals surface area contributed by atoms with Gasteiger partial charge in [0.25, 0.3) is 0 Å². The summed E-state index contributed by atoms with van der Waals surface area (Å²) in [7, 11) is 0. The topological polar surface area (TPSA) is 51.2 Å². The van der Waals surface area contributed by atoms with Crippen LogP contribution in [0.4, 0.5) is 0 Å². The van der Waals surface area contributed by atoms with Crippen LogP contribution >= 0.6 is 0 Å². The Hall–Kier alpha value is -0.460. The Balaban J connectivity index is 1.10. The number of allylic oxidation sites excluding steroid dienone is 1. The minimum absolute atomic E-state index is 0.0293. The highest BCUT2D eigenvalue weighted by atomic mass is 16.7. The van der Waals surface area contributed by atoms with E-state index in [2.05, 4.69) is 37.8 Å². The molecule has 1 N–H and O–H groups in total. The second-order valence-corrected chi connectivity index (χ2v) is 13.8. The molecule has 0 amide bonds. The number of fused-ring (bicyclic) bond motifs is 5. The summed E-state index contributed by atoms with van der Waals surface area (Å²) in [6, 6.07) is 0.554. The summed E-state index contributed by atoms with van der Waals surface area (Å²) in [4.78, 5) is 2.61. The zero-order chi connectivity index (χ0) is 25.0. The maximum Gasteiger partial charge on any atom is 0.177 e. The summed E-state index contributed by atoms with van der Waals surface area (Å²) >= 11 is 0. The maximum absolute atomic E-state index is 12.4. The third kappa shape index (κ3) is 4.24. The second-order valence-electron chi connectivity index (χ2n) is 13.8. The molecule has 36 heavy (non-hydrogen) atoms. The average Bonchev–Trinajstić information content (AvgIpc) is 3.63. The molecule has 3 unspecified atom stereocenters. The lowest BCUT2D eigenvalue weighted by molar-refractivity contribution is -0.209. The summed E-state index contributed by atoms with van der Waals surface area (Å²) in [6.45, 7) is 12.1. The number of ether oxygens (including phenoxy) is 3. The van der Waals surface area contributed by atoms with Crippen LogP contribution in [0.5, 0.6) is 0 Å². The van der Waals surface area contributed by atoms with E-state index in [9.17, 15) is 5.11 Å². The molecule has 2 heterocycles. The van der Waals surface area contributed by atoms with Crippen molar-refractivity contribution in [2.75, 3.05) is 32.9 Å². The molecule has 0 aromatic carbocycles. The van der Waals surface area contributed by atoms with Gasteiger partial charge in [-0.15, -0.1) is 0 Å². The van der Waals surface area contributed by atoms with Gasteiger partial charge in [-0.3, -0.25) is 4.90 Å². The molecule has 0 bridgehead atoms. The van der Waals surface area contributed by atoms with Crippen molar-refractivity contribution in [1.29, 1.82) is 0 Å². The molecule has 0 aromatic heterocycles. The summed E-state index contributed by atoms with van der Waals surface area (Å²) < 4.78 is 17.8. The molecule has 6 rings (SSSR count). The van der Waals surface area contributed by atoms with E-state index in [-0.39, 0.29) is 11.7 Å². The maximum atomic E-state index is 12.4. The molecule has 0 radical (unpaired) electrons. The van der Waals surface area contributed by atoms with Crippen LogP contribution in [0.25, 0.3) is 0 Å². The number of nitrogens with zero attached hydrogens (tertiary/aromatic N) is 1. The van der Waals surface area contributed by atoms with Crippen LogP contribution in [0.15, 0.2) is 12.2 Å². The van der Waals surface area contributed by atoms with Gasteiger partial charge in [-0.2, -0.15) is 0 Å². The largest absolute Gasteiger partial charge is 0.389 e. The molecular formula is C31H51NO4. The number of hydrogen-bond donors (Lipinski definition) is 1. The van der Waals surface area contributed by atoms with E-state index in [1.165, 1.54) is 64.5 Å². The minimum Gasteiger partial charge on any atom is -0.389 e. The zero-order valence-corrected chi connectivity index (χ0v) is 23.1. The SMILES string of the molecule is CC(COC1CC[C@@]2(C)C(CC[C@@H]3[C@@H]2CC[C@]2(C)[C@@H](/C=C/C4OCCO4)CC[C@@]32O)C1)N1CCCC1. The van der Waals surface area contributed by atoms with E-state index in [1.807, 2.05) is 0 Å². The summed E-state index contributed by atoms with van der Waals surface area (Å²) in [5, 5.41) is 12.4. The molecule has 5 heteroatoms. The lowest BCUT2D eigenvalue weighted by Gasteiger charge is -2.63. The molecular weight excluding hydrogens is 450 g/mol. The molecule has 6 fully saturated rings. The van der Waals surface area contributed by atoms with Gasteiger partial charge in [0.15, 0.2) is 6.29 Å². The third-order valence-electron chi connectivity index (χ3n) is 12.4. The molecule has 0 aromatic rings. The van der Waals surface area contributed by atoms with Crippen LogP contribution in [0.2, 0.25) is 0 Å². The average molecular weight is 502 g/mol. The van der Waals surface area contributed by atoms with Crippen molar-refractivity contribution >= 4 is 0 Å². The number of hydrogen-bond acceptors (Lipinski definition) is 5. The first-order chi connectivity index (χ1) is 17.3. The number of likely N-dealkylation sites (tertiary alicyclic amines) is 1. The smallest absolute Gasteiger partial charge is 0.177 e. The number of aliphatic hydroxyl groups is 1. The van der Waals surface area contributed by atoms with Crippen LogP contribution < -0.4 is 0 Å². The first-order valence-corrected chi connectivity index (χ1v) is 15.3. The van der Waals surface area contributed by atoms with E-state index in [0.717, 1.165) is 31.8 Å². The van der Waals surface area contributed by atoms with Gasteiger partial charge in [-0.05, 0) is 126 Å². The van der Waals surface area contributed by atoms with E-state index in [4.69, 9.17) is 14.2 Å². The molecule has 4 saturated carbocycles. The molecule has 204 valence electrons. The molecule has 0 spiro atoms. The van der Waals surface area contributed by atoms with Crippen molar-refractivity contribution in [3.63, 3.8) is 0 Å². The third-order valence-corrected chi connectivity index (χ3v) is 12.4. The van der Waals surface area contributed by atoms with Gasteiger partial charge in [0.05, 0.1) is 31.5 Å². The van der Waals surface area contributed by atoms with Gasteiger partial charge in [0.2, 0.25) is 0 Å². The Bertz CT molecular complexity index is 806. The van der Waals surface area contributed by atoms with E-state index in [1.54, 1.807) is 0 Å². The Morgan fingerprint density at radius 2 is 1.72 bits per heavy atom. The van der Waals surface area contributed by atoms with Gasteiger partial charge < -0.3 is 19.3 Å². The Kier molecular flexibility index (Phi) is 7.12.